The highest BCUT2D eigenvalue weighted by Gasteiger charge is 2.66. The second-order valence-corrected chi connectivity index (χ2v) is 7.58. The third kappa shape index (κ3) is 0.895. The van der Waals surface area contributed by atoms with Crippen LogP contribution >= 0.6 is 0 Å². The van der Waals surface area contributed by atoms with Crippen LogP contribution in [0.2, 0.25) is 0 Å². The SMILES string of the molecule is CC1(C)CC2CC1C1C3CC(C#N)C(C3)C21. The van der Waals surface area contributed by atoms with Crippen LogP contribution in [0.1, 0.15) is 39.5 Å². The fourth-order valence-electron chi connectivity index (χ4n) is 6.39. The Morgan fingerprint density at radius 3 is 2.62 bits per heavy atom. The maximum absolute atomic E-state index is 9.23. The van der Waals surface area contributed by atoms with Gasteiger partial charge < -0.3 is 0 Å². The topological polar surface area (TPSA) is 23.8 Å². The Bertz CT molecular complexity index is 377. The van der Waals surface area contributed by atoms with Gasteiger partial charge in [-0.1, -0.05) is 13.8 Å². The third-order valence-corrected chi connectivity index (χ3v) is 6.66. The lowest BCUT2D eigenvalue weighted by atomic mass is 9.61. The van der Waals surface area contributed by atoms with Crippen molar-refractivity contribution in [3.63, 3.8) is 0 Å². The Morgan fingerprint density at radius 1 is 1.06 bits per heavy atom. The number of rotatable bonds is 0. The molecule has 0 aromatic carbocycles. The third-order valence-electron chi connectivity index (χ3n) is 6.66. The van der Waals surface area contributed by atoms with Crippen molar-refractivity contribution in [3.8, 4) is 6.07 Å². The molecular formula is C15H21N. The van der Waals surface area contributed by atoms with Crippen LogP contribution < -0.4 is 0 Å². The number of hydrogen-bond donors (Lipinski definition) is 0. The van der Waals surface area contributed by atoms with E-state index in [1.807, 2.05) is 0 Å². The first kappa shape index (κ1) is 9.51. The van der Waals surface area contributed by atoms with Crippen LogP contribution in [0, 0.1) is 58.2 Å². The molecule has 0 saturated heterocycles. The van der Waals surface area contributed by atoms with Crippen LogP contribution in [-0.2, 0) is 0 Å². The lowest BCUT2D eigenvalue weighted by Gasteiger charge is -2.43. The average molecular weight is 215 g/mol. The summed E-state index contributed by atoms with van der Waals surface area (Å²) in [5.74, 6) is 6.10. The zero-order valence-electron chi connectivity index (χ0n) is 10.3. The molecule has 0 spiro atoms. The van der Waals surface area contributed by atoms with Gasteiger partial charge in [0.05, 0.1) is 6.07 Å². The van der Waals surface area contributed by atoms with E-state index in [9.17, 15) is 5.26 Å². The number of fused-ring (bicyclic) bond motifs is 9. The first-order valence-corrected chi connectivity index (χ1v) is 7.01. The van der Waals surface area contributed by atoms with Crippen LogP contribution in [0.3, 0.4) is 0 Å². The van der Waals surface area contributed by atoms with Crippen LogP contribution in [0.5, 0.6) is 0 Å². The lowest BCUT2D eigenvalue weighted by molar-refractivity contribution is 0.0471. The molecule has 0 radical (unpaired) electrons. The zero-order valence-corrected chi connectivity index (χ0v) is 10.3. The summed E-state index contributed by atoms with van der Waals surface area (Å²) in [7, 11) is 0. The Kier molecular flexibility index (Phi) is 1.58. The van der Waals surface area contributed by atoms with Crippen molar-refractivity contribution in [1.29, 1.82) is 5.26 Å². The quantitative estimate of drug-likeness (QED) is 0.568. The summed E-state index contributed by atoms with van der Waals surface area (Å²) in [6.07, 6.45) is 5.58. The second-order valence-electron chi connectivity index (χ2n) is 7.58. The van der Waals surface area contributed by atoms with Crippen molar-refractivity contribution < 1.29 is 0 Å². The van der Waals surface area contributed by atoms with Crippen LogP contribution in [0.4, 0.5) is 0 Å². The van der Waals surface area contributed by atoms with E-state index in [2.05, 4.69) is 19.9 Å². The molecule has 0 amide bonds. The second kappa shape index (κ2) is 2.66. The summed E-state index contributed by atoms with van der Waals surface area (Å²) in [5.41, 5.74) is 0.610. The molecule has 4 rings (SSSR count). The summed E-state index contributed by atoms with van der Waals surface area (Å²) in [6, 6.07) is 2.59. The van der Waals surface area contributed by atoms with E-state index in [0.717, 1.165) is 35.5 Å². The average Bonchev–Trinajstić information content (AvgIpc) is 2.89. The maximum atomic E-state index is 9.23. The summed E-state index contributed by atoms with van der Waals surface area (Å²) in [6.45, 7) is 4.98. The van der Waals surface area contributed by atoms with E-state index >= 15 is 0 Å². The van der Waals surface area contributed by atoms with Gasteiger partial charge in [0.25, 0.3) is 0 Å². The molecule has 4 aliphatic rings. The van der Waals surface area contributed by atoms with Gasteiger partial charge in [-0.15, -0.1) is 0 Å². The molecule has 7 atom stereocenters. The number of hydrogen-bond acceptors (Lipinski definition) is 1. The van der Waals surface area contributed by atoms with Gasteiger partial charge in [-0.3, -0.25) is 0 Å². The molecule has 4 aliphatic carbocycles. The predicted molar refractivity (Wildman–Crippen MR) is 62.3 cm³/mol. The van der Waals surface area contributed by atoms with E-state index in [1.54, 1.807) is 0 Å². The highest BCUT2D eigenvalue weighted by atomic mass is 14.7. The molecule has 0 heterocycles. The molecule has 0 aromatic heterocycles. The molecule has 0 aliphatic heterocycles. The largest absolute Gasteiger partial charge is 0.198 e. The van der Waals surface area contributed by atoms with Gasteiger partial charge in [-0.05, 0) is 66.6 Å². The minimum atomic E-state index is 0.425. The molecule has 1 nitrogen and oxygen atoms in total. The fourth-order valence-corrected chi connectivity index (χ4v) is 6.39. The van der Waals surface area contributed by atoms with E-state index in [1.165, 1.54) is 25.7 Å². The van der Waals surface area contributed by atoms with Gasteiger partial charge in [0.2, 0.25) is 0 Å². The van der Waals surface area contributed by atoms with Gasteiger partial charge in [-0.2, -0.15) is 5.26 Å². The monoisotopic (exact) mass is 215 g/mol. The predicted octanol–water partition coefficient (Wildman–Crippen LogP) is 3.46. The highest BCUT2D eigenvalue weighted by molar-refractivity contribution is 5.17. The minimum absolute atomic E-state index is 0.425. The standard InChI is InChI=1S/C15H21N/c1-15(2)6-9-5-12(15)14-8-3-10(7-16)11(4-8)13(9)14/h8-14H,3-6H2,1-2H3. The van der Waals surface area contributed by atoms with Crippen LogP contribution in [0.15, 0.2) is 0 Å². The van der Waals surface area contributed by atoms with Gasteiger partial charge in [0, 0.05) is 5.92 Å². The Hall–Kier alpha value is -0.510. The summed E-state index contributed by atoms with van der Waals surface area (Å²) in [5, 5.41) is 9.23. The van der Waals surface area contributed by atoms with Crippen molar-refractivity contribution in [2.45, 2.75) is 39.5 Å². The molecular weight excluding hydrogens is 194 g/mol. The van der Waals surface area contributed by atoms with Gasteiger partial charge >= 0.3 is 0 Å². The van der Waals surface area contributed by atoms with Crippen molar-refractivity contribution in [2.24, 2.45) is 46.8 Å². The summed E-state index contributed by atoms with van der Waals surface area (Å²) >= 11 is 0. The Labute approximate surface area is 98.2 Å². The molecule has 86 valence electrons. The van der Waals surface area contributed by atoms with Gasteiger partial charge in [0.15, 0.2) is 0 Å². The first-order chi connectivity index (χ1) is 7.62. The van der Waals surface area contributed by atoms with E-state index in [0.29, 0.717) is 11.3 Å². The summed E-state index contributed by atoms with van der Waals surface area (Å²) < 4.78 is 0. The normalized spacial score (nSPS) is 59.9. The van der Waals surface area contributed by atoms with Crippen molar-refractivity contribution in [2.75, 3.05) is 0 Å². The molecule has 7 unspecified atom stereocenters. The van der Waals surface area contributed by atoms with E-state index in [4.69, 9.17) is 0 Å². The van der Waals surface area contributed by atoms with Gasteiger partial charge in [-0.25, -0.2) is 0 Å². The van der Waals surface area contributed by atoms with Gasteiger partial charge in [0.1, 0.15) is 0 Å². The van der Waals surface area contributed by atoms with Crippen molar-refractivity contribution in [3.05, 3.63) is 0 Å². The fraction of sp³-hybridized carbons (Fsp3) is 0.933. The van der Waals surface area contributed by atoms with Crippen molar-refractivity contribution in [1.82, 2.24) is 0 Å². The Balaban J connectivity index is 1.71. The van der Waals surface area contributed by atoms with E-state index in [-0.39, 0.29) is 0 Å². The zero-order chi connectivity index (χ0) is 11.1. The molecule has 0 N–H and O–H groups in total. The maximum Gasteiger partial charge on any atom is 0.0658 e. The molecule has 16 heavy (non-hydrogen) atoms. The smallest absolute Gasteiger partial charge is 0.0658 e. The molecule has 1 heteroatoms. The molecule has 0 aromatic rings. The van der Waals surface area contributed by atoms with Crippen LogP contribution in [0.25, 0.3) is 0 Å². The minimum Gasteiger partial charge on any atom is -0.198 e. The molecule has 4 saturated carbocycles. The number of nitrogens with zero attached hydrogens (tertiary/aromatic N) is 1. The van der Waals surface area contributed by atoms with Crippen LogP contribution in [-0.4, -0.2) is 0 Å². The van der Waals surface area contributed by atoms with E-state index < -0.39 is 0 Å². The molecule has 4 fully saturated rings. The highest BCUT2D eigenvalue weighted by Crippen LogP contribution is 2.72. The number of nitriles is 1. The first-order valence-electron chi connectivity index (χ1n) is 7.01. The molecule has 4 bridgehead atoms. The van der Waals surface area contributed by atoms with Crippen molar-refractivity contribution >= 4 is 0 Å². The Morgan fingerprint density at radius 2 is 1.88 bits per heavy atom. The summed E-state index contributed by atoms with van der Waals surface area (Å²) in [4.78, 5) is 0. The lowest BCUT2D eigenvalue weighted by Crippen LogP contribution is -2.38.